The summed E-state index contributed by atoms with van der Waals surface area (Å²) in [4.78, 5) is 15.9. The minimum atomic E-state index is -3.03. The van der Waals surface area contributed by atoms with Crippen LogP contribution in [0.25, 0.3) is 0 Å². The molecule has 2 heterocycles. The number of carbonyl (C=O) groups is 1. The number of nitrogens with one attached hydrogen (secondary N) is 2. The van der Waals surface area contributed by atoms with Crippen LogP contribution in [0.15, 0.2) is 0 Å². The number of rotatable bonds is 4. The Kier molecular flexibility index (Phi) is 3.04. The van der Waals surface area contributed by atoms with Crippen molar-refractivity contribution in [2.75, 3.05) is 12.3 Å². The molecule has 1 amide bonds. The summed E-state index contributed by atoms with van der Waals surface area (Å²) in [6.45, 7) is 0.147. The molecule has 104 valence electrons. The van der Waals surface area contributed by atoms with Crippen LogP contribution in [-0.4, -0.2) is 47.1 Å². The van der Waals surface area contributed by atoms with E-state index in [-0.39, 0.29) is 18.1 Å². The Morgan fingerprint density at radius 3 is 2.79 bits per heavy atom. The van der Waals surface area contributed by atoms with Crippen LogP contribution in [0.2, 0.25) is 0 Å². The highest BCUT2D eigenvalue weighted by Crippen LogP contribution is 2.37. The van der Waals surface area contributed by atoms with Gasteiger partial charge in [0.25, 0.3) is 5.91 Å². The molecule has 1 aliphatic carbocycles. The van der Waals surface area contributed by atoms with Gasteiger partial charge in [-0.25, -0.2) is 13.4 Å². The summed E-state index contributed by atoms with van der Waals surface area (Å²) in [5.41, 5.74) is 0. The molecule has 0 bridgehead atoms. The Bertz CT molecular complexity index is 591. The van der Waals surface area contributed by atoms with Crippen molar-refractivity contribution in [3.05, 3.63) is 11.6 Å². The number of hydrogen-bond acceptors (Lipinski definition) is 5. The quantitative estimate of drug-likeness (QED) is 0.809. The molecule has 8 heteroatoms. The highest BCUT2D eigenvalue weighted by atomic mass is 32.2. The topological polar surface area (TPSA) is 105 Å². The van der Waals surface area contributed by atoms with E-state index in [0.717, 1.165) is 18.7 Å². The van der Waals surface area contributed by atoms with E-state index in [2.05, 4.69) is 20.5 Å². The van der Waals surface area contributed by atoms with Crippen molar-refractivity contribution < 1.29 is 13.2 Å². The second kappa shape index (κ2) is 4.59. The molecule has 0 radical (unpaired) electrons. The number of amides is 1. The van der Waals surface area contributed by atoms with E-state index in [4.69, 9.17) is 0 Å². The lowest BCUT2D eigenvalue weighted by molar-refractivity contribution is 0.0943. The van der Waals surface area contributed by atoms with Gasteiger partial charge < -0.3 is 5.32 Å². The predicted molar refractivity (Wildman–Crippen MR) is 67.5 cm³/mol. The number of carbonyl (C=O) groups excluding carboxylic acids is 1. The molecule has 1 unspecified atom stereocenters. The Morgan fingerprint density at radius 2 is 2.16 bits per heavy atom. The van der Waals surface area contributed by atoms with Crippen LogP contribution < -0.4 is 5.32 Å². The van der Waals surface area contributed by atoms with Crippen molar-refractivity contribution in [2.45, 2.75) is 36.9 Å². The van der Waals surface area contributed by atoms with Crippen molar-refractivity contribution in [1.82, 2.24) is 20.5 Å². The third-order valence-electron chi connectivity index (χ3n) is 3.62. The first kappa shape index (κ1) is 12.6. The van der Waals surface area contributed by atoms with Crippen molar-refractivity contribution in [3.63, 3.8) is 0 Å². The lowest BCUT2D eigenvalue weighted by Gasteiger charge is -2.09. The molecule has 7 nitrogen and oxygen atoms in total. The van der Waals surface area contributed by atoms with E-state index in [9.17, 15) is 13.2 Å². The van der Waals surface area contributed by atoms with Crippen molar-refractivity contribution in [2.24, 2.45) is 0 Å². The largest absolute Gasteiger partial charge is 0.348 e. The van der Waals surface area contributed by atoms with Crippen molar-refractivity contribution >= 4 is 15.7 Å². The van der Waals surface area contributed by atoms with Gasteiger partial charge >= 0.3 is 0 Å². The first-order valence-corrected chi connectivity index (χ1v) is 8.20. The lowest BCUT2D eigenvalue weighted by atomic mass is 10.2. The molecule has 0 spiro atoms. The average Bonchev–Trinajstić information content (AvgIpc) is 2.99. The van der Waals surface area contributed by atoms with Crippen LogP contribution in [0.4, 0.5) is 0 Å². The molecule has 1 aliphatic heterocycles. The molecule has 1 saturated heterocycles. The van der Waals surface area contributed by atoms with Gasteiger partial charge in [0.15, 0.2) is 9.84 Å². The summed E-state index contributed by atoms with van der Waals surface area (Å²) in [6.07, 6.45) is 3.45. The molecule has 2 fully saturated rings. The molecule has 2 aliphatic rings. The second-order valence-electron chi connectivity index (χ2n) is 5.16. The van der Waals surface area contributed by atoms with Gasteiger partial charge in [-0.3, -0.25) is 9.89 Å². The number of nitrogens with zero attached hydrogens (tertiary/aromatic N) is 2. The third-order valence-corrected chi connectivity index (χ3v) is 5.90. The normalized spacial score (nSPS) is 25.4. The first-order chi connectivity index (χ1) is 9.06. The van der Waals surface area contributed by atoms with Gasteiger partial charge in [-0.2, -0.15) is 0 Å². The average molecular weight is 284 g/mol. The summed E-state index contributed by atoms with van der Waals surface area (Å²) in [5, 5.41) is 8.76. The molecule has 19 heavy (non-hydrogen) atoms. The van der Waals surface area contributed by atoms with Crippen LogP contribution in [0.5, 0.6) is 0 Å². The fourth-order valence-corrected chi connectivity index (χ4v) is 4.05. The highest BCUT2D eigenvalue weighted by molar-refractivity contribution is 7.92. The smallest absolute Gasteiger partial charge is 0.290 e. The van der Waals surface area contributed by atoms with Gasteiger partial charge in [0, 0.05) is 12.5 Å². The maximum Gasteiger partial charge on any atom is 0.290 e. The Balaban J connectivity index is 1.58. The van der Waals surface area contributed by atoms with Gasteiger partial charge in [-0.05, 0) is 25.7 Å². The van der Waals surface area contributed by atoms with E-state index in [1.54, 1.807) is 0 Å². The van der Waals surface area contributed by atoms with Crippen LogP contribution in [0, 0.1) is 0 Å². The summed E-state index contributed by atoms with van der Waals surface area (Å²) in [5.74, 6) is 1.06. The first-order valence-electron chi connectivity index (χ1n) is 6.48. The minimum absolute atomic E-state index is 0.0947. The van der Waals surface area contributed by atoms with Gasteiger partial charge in [0.2, 0.25) is 5.82 Å². The zero-order valence-electron chi connectivity index (χ0n) is 10.4. The van der Waals surface area contributed by atoms with Crippen molar-refractivity contribution in [3.8, 4) is 0 Å². The number of sulfone groups is 1. The summed E-state index contributed by atoms with van der Waals surface area (Å²) in [7, 11) is -3.03. The van der Waals surface area contributed by atoms with E-state index < -0.39 is 21.0 Å². The van der Waals surface area contributed by atoms with E-state index in [1.165, 1.54) is 0 Å². The molecule has 1 saturated carbocycles. The van der Waals surface area contributed by atoms with Crippen molar-refractivity contribution in [1.29, 1.82) is 0 Å². The fourth-order valence-electron chi connectivity index (χ4n) is 2.29. The Morgan fingerprint density at radius 1 is 1.37 bits per heavy atom. The number of hydrogen-bond donors (Lipinski definition) is 2. The Labute approximate surface area is 111 Å². The molecule has 1 atom stereocenters. The van der Waals surface area contributed by atoms with E-state index in [0.29, 0.717) is 18.8 Å². The van der Waals surface area contributed by atoms with Gasteiger partial charge in [0.05, 0.1) is 11.0 Å². The van der Waals surface area contributed by atoms with Gasteiger partial charge in [-0.15, -0.1) is 5.10 Å². The minimum Gasteiger partial charge on any atom is -0.348 e. The lowest BCUT2D eigenvalue weighted by Crippen LogP contribution is -2.35. The molecule has 1 aromatic heterocycles. The molecule has 1 aromatic rings. The summed E-state index contributed by atoms with van der Waals surface area (Å²) in [6, 6.07) is 0. The summed E-state index contributed by atoms with van der Waals surface area (Å²) >= 11 is 0. The SMILES string of the molecule is O=C(NCC1CCCS1(=O)=O)c1n[nH]c(C2CC2)n1. The number of H-pyrrole nitrogens is 1. The molecule has 3 rings (SSSR count). The van der Waals surface area contributed by atoms with Crippen LogP contribution >= 0.6 is 0 Å². The third kappa shape index (κ3) is 2.63. The van der Waals surface area contributed by atoms with Gasteiger partial charge in [-0.1, -0.05) is 0 Å². The zero-order valence-corrected chi connectivity index (χ0v) is 11.2. The highest BCUT2D eigenvalue weighted by Gasteiger charge is 2.32. The second-order valence-corrected chi connectivity index (χ2v) is 7.56. The van der Waals surface area contributed by atoms with Gasteiger partial charge in [0.1, 0.15) is 5.82 Å². The fraction of sp³-hybridized carbons (Fsp3) is 0.727. The van der Waals surface area contributed by atoms with E-state index >= 15 is 0 Å². The molecular formula is C11H16N4O3S. The van der Waals surface area contributed by atoms with Crippen LogP contribution in [0.1, 0.15) is 48.0 Å². The number of aromatic amines is 1. The maximum atomic E-state index is 11.8. The Hall–Kier alpha value is -1.44. The standard InChI is InChI=1S/C11H16N4O3S/c16-11(10-13-9(14-15-10)7-3-4-7)12-6-8-2-1-5-19(8,17)18/h7-8H,1-6H2,(H,12,16)(H,13,14,15). The van der Waals surface area contributed by atoms with E-state index in [1.807, 2.05) is 0 Å². The van der Waals surface area contributed by atoms with Crippen LogP contribution in [0.3, 0.4) is 0 Å². The molecule has 0 aromatic carbocycles. The maximum absolute atomic E-state index is 11.8. The predicted octanol–water partition coefficient (Wildman–Crippen LogP) is -0.0109. The number of aromatic nitrogens is 3. The van der Waals surface area contributed by atoms with Crippen LogP contribution in [-0.2, 0) is 9.84 Å². The molecular weight excluding hydrogens is 268 g/mol. The molecule has 2 N–H and O–H groups in total. The zero-order chi connectivity index (χ0) is 13.5. The monoisotopic (exact) mass is 284 g/mol. The summed E-state index contributed by atoms with van der Waals surface area (Å²) < 4.78 is 23.2.